The fourth-order valence-corrected chi connectivity index (χ4v) is 8.42. The number of aryl methyl sites for hydroxylation is 1. The Hall–Kier alpha value is -5.50. The van der Waals surface area contributed by atoms with Gasteiger partial charge in [0.1, 0.15) is 18.4 Å². The summed E-state index contributed by atoms with van der Waals surface area (Å²) >= 11 is 0. The third-order valence-corrected chi connectivity index (χ3v) is 10.7. The van der Waals surface area contributed by atoms with Crippen LogP contribution in [0.15, 0.2) is 72.4 Å². The molecule has 0 amide bonds. The lowest BCUT2D eigenvalue weighted by molar-refractivity contribution is -0.131. The van der Waals surface area contributed by atoms with Gasteiger partial charge in [0.25, 0.3) is 0 Å². The normalized spacial score (nSPS) is 19.9. The Morgan fingerprint density at radius 2 is 1.49 bits per heavy atom. The summed E-state index contributed by atoms with van der Waals surface area (Å²) in [7, 11) is 6.91. The van der Waals surface area contributed by atoms with Crippen LogP contribution in [0.25, 0.3) is 6.08 Å². The van der Waals surface area contributed by atoms with Gasteiger partial charge in [0.05, 0.1) is 52.7 Å². The molecular formula is C43H45N3O7. The van der Waals surface area contributed by atoms with Crippen LogP contribution < -0.4 is 23.7 Å². The number of esters is 1. The van der Waals surface area contributed by atoms with E-state index in [1.165, 1.54) is 6.92 Å². The smallest absolute Gasteiger partial charge is 0.308 e. The minimum Gasteiger partial charge on any atom is -0.493 e. The van der Waals surface area contributed by atoms with Gasteiger partial charge in [-0.2, -0.15) is 5.26 Å². The first-order chi connectivity index (χ1) is 25.7. The number of benzene rings is 4. The third-order valence-electron chi connectivity index (χ3n) is 10.7. The Kier molecular flexibility index (Phi) is 10.1. The van der Waals surface area contributed by atoms with Gasteiger partial charge in [0.2, 0.25) is 0 Å². The van der Waals surface area contributed by atoms with Gasteiger partial charge in [-0.25, -0.2) is 0 Å². The highest BCUT2D eigenvalue weighted by Crippen LogP contribution is 2.58. The van der Waals surface area contributed by atoms with Crippen molar-refractivity contribution < 1.29 is 33.2 Å². The molecule has 0 aliphatic carbocycles. The van der Waals surface area contributed by atoms with Crippen molar-refractivity contribution in [1.82, 2.24) is 9.80 Å². The van der Waals surface area contributed by atoms with Crippen molar-refractivity contribution >= 4 is 12.0 Å². The Bertz CT molecular complexity index is 2090. The molecule has 0 unspecified atom stereocenters. The van der Waals surface area contributed by atoms with Crippen molar-refractivity contribution in [1.29, 1.82) is 5.26 Å². The number of hydrogen-bond donors (Lipinski definition) is 0. The van der Waals surface area contributed by atoms with Crippen molar-refractivity contribution in [3.63, 3.8) is 0 Å². The van der Waals surface area contributed by atoms with Crippen LogP contribution in [0.3, 0.4) is 0 Å². The maximum Gasteiger partial charge on any atom is 0.308 e. The first-order valence-corrected chi connectivity index (χ1v) is 17.8. The summed E-state index contributed by atoms with van der Waals surface area (Å²) in [6.07, 6.45) is 2.66. The van der Waals surface area contributed by atoms with Gasteiger partial charge in [0, 0.05) is 40.9 Å². The molecule has 10 heteroatoms. The lowest BCUT2D eigenvalue weighted by atomic mass is 9.75. The molecule has 0 radical (unpaired) electrons. The van der Waals surface area contributed by atoms with Crippen LogP contribution in [0.1, 0.15) is 63.5 Å². The van der Waals surface area contributed by atoms with Crippen LogP contribution in [0.4, 0.5) is 0 Å². The van der Waals surface area contributed by atoms with E-state index in [-0.39, 0.29) is 18.7 Å². The number of piperazine rings is 1. The molecule has 3 aliphatic rings. The number of carbonyl (C=O) groups excluding carboxylic acids is 1. The first kappa shape index (κ1) is 35.9. The second-order valence-electron chi connectivity index (χ2n) is 13.8. The monoisotopic (exact) mass is 715 g/mol. The van der Waals surface area contributed by atoms with E-state index in [4.69, 9.17) is 28.4 Å². The van der Waals surface area contributed by atoms with Gasteiger partial charge in [-0.15, -0.1) is 0 Å². The maximum absolute atomic E-state index is 12.7. The number of methoxy groups -OCH3 is 3. The van der Waals surface area contributed by atoms with Crippen molar-refractivity contribution in [3.8, 4) is 34.8 Å². The van der Waals surface area contributed by atoms with Crippen LogP contribution >= 0.6 is 0 Å². The number of carbonyl (C=O) groups is 1. The Morgan fingerprint density at radius 3 is 2.09 bits per heavy atom. The molecule has 53 heavy (non-hydrogen) atoms. The van der Waals surface area contributed by atoms with E-state index in [1.807, 2.05) is 80.6 Å². The van der Waals surface area contributed by atoms with Crippen LogP contribution in [0, 0.1) is 25.2 Å². The largest absolute Gasteiger partial charge is 0.493 e. The number of nitriles is 1. The molecule has 1 saturated heterocycles. The van der Waals surface area contributed by atoms with E-state index in [1.54, 1.807) is 21.3 Å². The van der Waals surface area contributed by atoms with Crippen LogP contribution in [0.5, 0.6) is 28.7 Å². The summed E-state index contributed by atoms with van der Waals surface area (Å²) in [6, 6.07) is 23.3. The van der Waals surface area contributed by atoms with Crippen LogP contribution in [0.2, 0.25) is 0 Å². The van der Waals surface area contributed by atoms with Crippen molar-refractivity contribution in [2.24, 2.45) is 0 Å². The molecular weight excluding hydrogens is 670 g/mol. The molecule has 7 rings (SSSR count). The summed E-state index contributed by atoms with van der Waals surface area (Å²) in [6.45, 7) is 6.19. The molecule has 274 valence electrons. The first-order valence-electron chi connectivity index (χ1n) is 17.8. The van der Waals surface area contributed by atoms with Crippen LogP contribution in [-0.2, 0) is 29.2 Å². The standard InChI is InChI=1S/C43H45N3O7/c1-25-18-30-19-32-34(21-44)46-33(38(45(32)4)36(30)43(39(25)48-5)52-23-29-16-12-9-13-17-29)20-31-37(35(46)24-51-22-28-14-10-8-11-15-28)42(50-7)41(49-6)26(2)40(31)53-27(3)47/h8-18,20,32,34-35,38H,19,22-24H2,1-7H3/t32-,34-,35-,38-/m0/s1. The van der Waals surface area contributed by atoms with Gasteiger partial charge in [-0.05, 0) is 55.6 Å². The Morgan fingerprint density at radius 1 is 0.849 bits per heavy atom. The summed E-state index contributed by atoms with van der Waals surface area (Å²) in [5.41, 5.74) is 7.99. The Labute approximate surface area is 311 Å². The van der Waals surface area contributed by atoms with Gasteiger partial charge in [-0.1, -0.05) is 66.7 Å². The molecule has 3 heterocycles. The predicted octanol–water partition coefficient (Wildman–Crippen LogP) is 7.25. The van der Waals surface area contributed by atoms with Crippen molar-refractivity contribution in [3.05, 3.63) is 117 Å². The highest BCUT2D eigenvalue weighted by molar-refractivity contribution is 5.80. The van der Waals surface area contributed by atoms with Gasteiger partial charge in [0.15, 0.2) is 23.0 Å². The van der Waals surface area contributed by atoms with E-state index in [2.05, 4.69) is 29.0 Å². The number of hydrogen-bond acceptors (Lipinski definition) is 10. The lowest BCUT2D eigenvalue weighted by Crippen LogP contribution is -2.62. The molecule has 4 atom stereocenters. The fraction of sp³-hybridized carbons (Fsp3) is 0.349. The van der Waals surface area contributed by atoms with E-state index in [0.29, 0.717) is 59.5 Å². The second-order valence-corrected chi connectivity index (χ2v) is 13.8. The number of nitrogens with zero attached hydrogens (tertiary/aromatic N) is 3. The maximum atomic E-state index is 12.7. The fourth-order valence-electron chi connectivity index (χ4n) is 8.42. The zero-order valence-corrected chi connectivity index (χ0v) is 31.3. The van der Waals surface area contributed by atoms with E-state index in [0.717, 1.165) is 39.1 Å². The number of likely N-dealkylation sites (N-methyl/N-ethyl adjacent to an activating group) is 1. The lowest BCUT2D eigenvalue weighted by Gasteiger charge is -2.57. The molecule has 0 aromatic heterocycles. The molecule has 10 nitrogen and oxygen atoms in total. The van der Waals surface area contributed by atoms with Crippen molar-refractivity contribution in [2.75, 3.05) is 35.0 Å². The molecule has 3 aliphatic heterocycles. The summed E-state index contributed by atoms with van der Waals surface area (Å²) in [4.78, 5) is 17.2. The number of rotatable bonds is 11. The molecule has 0 spiro atoms. The van der Waals surface area contributed by atoms with Gasteiger partial charge < -0.3 is 33.3 Å². The van der Waals surface area contributed by atoms with Gasteiger partial charge in [-0.3, -0.25) is 9.69 Å². The average Bonchev–Trinajstić information content (AvgIpc) is 3.15. The molecule has 2 bridgehead atoms. The highest BCUT2D eigenvalue weighted by atomic mass is 16.5. The number of ether oxygens (including phenoxy) is 6. The summed E-state index contributed by atoms with van der Waals surface area (Å²) < 4.78 is 37.4. The predicted molar refractivity (Wildman–Crippen MR) is 200 cm³/mol. The van der Waals surface area contributed by atoms with E-state index >= 15 is 0 Å². The van der Waals surface area contributed by atoms with Crippen molar-refractivity contribution in [2.45, 2.75) is 64.6 Å². The van der Waals surface area contributed by atoms with E-state index < -0.39 is 18.1 Å². The molecule has 1 fully saturated rings. The zero-order valence-electron chi connectivity index (χ0n) is 31.3. The number of fused-ring (bicyclic) bond motifs is 7. The minimum atomic E-state index is -0.570. The molecule has 0 N–H and O–H groups in total. The second kappa shape index (κ2) is 14.9. The average molecular weight is 716 g/mol. The minimum absolute atomic E-state index is 0.172. The van der Waals surface area contributed by atoms with E-state index in [9.17, 15) is 10.1 Å². The molecule has 0 saturated carbocycles. The highest BCUT2D eigenvalue weighted by Gasteiger charge is 2.53. The SMILES string of the molecule is COc1c(C)cc2c(c1OCc1ccccc1)[C@@H]1C3=Cc4c(OC(C)=O)c(C)c(OC)c(OC)c4[C@H](COCc4ccccc4)N3[C@@H](C#N)[C@H](C2)N1C. The third kappa shape index (κ3) is 6.24. The van der Waals surface area contributed by atoms with Gasteiger partial charge >= 0.3 is 5.97 Å². The molecule has 4 aromatic rings. The van der Waals surface area contributed by atoms with Crippen LogP contribution in [-0.4, -0.2) is 62.8 Å². The summed E-state index contributed by atoms with van der Waals surface area (Å²) in [5.74, 6) is 2.21. The zero-order chi connectivity index (χ0) is 37.4. The quantitative estimate of drug-likeness (QED) is 0.117. The topological polar surface area (TPSA) is 103 Å². The Balaban J connectivity index is 1.47. The summed E-state index contributed by atoms with van der Waals surface area (Å²) in [5, 5.41) is 11.1. The molecule has 4 aromatic carbocycles.